The maximum absolute atomic E-state index is 12.0. The maximum Gasteiger partial charge on any atom is 0.326 e. The van der Waals surface area contributed by atoms with Gasteiger partial charge in [0.1, 0.15) is 12.1 Å². The van der Waals surface area contributed by atoms with E-state index in [2.05, 4.69) is 25.8 Å². The lowest BCUT2D eigenvalue weighted by Gasteiger charge is -2.37. The highest BCUT2D eigenvalue weighted by Gasteiger charge is 2.26. The minimum Gasteiger partial charge on any atom is -0.459 e. The van der Waals surface area contributed by atoms with E-state index in [0.29, 0.717) is 0 Å². The number of nitrogens with zero attached hydrogens (tertiary/aromatic N) is 2. The van der Waals surface area contributed by atoms with E-state index in [1.54, 1.807) is 12.4 Å². The second kappa shape index (κ2) is 5.59. The molecule has 0 atom stereocenters. The van der Waals surface area contributed by atoms with E-state index in [1.807, 2.05) is 37.8 Å². The molecule has 1 aromatic rings. The number of carbonyl (C=O) groups is 1. The van der Waals surface area contributed by atoms with Crippen molar-refractivity contribution in [1.82, 2.24) is 4.98 Å². The highest BCUT2D eigenvalue weighted by atomic mass is 16.6. The summed E-state index contributed by atoms with van der Waals surface area (Å²) in [7, 11) is 0. The number of pyridine rings is 1. The number of rotatable bonds is 3. The van der Waals surface area contributed by atoms with Crippen LogP contribution in [0.25, 0.3) is 0 Å². The molecule has 0 spiro atoms. The molecule has 0 saturated carbocycles. The molecule has 4 heteroatoms. The fraction of sp³-hybridized carbons (Fsp3) is 0.600. The van der Waals surface area contributed by atoms with Gasteiger partial charge >= 0.3 is 5.97 Å². The topological polar surface area (TPSA) is 42.4 Å². The molecule has 0 aliphatic heterocycles. The van der Waals surface area contributed by atoms with Crippen molar-refractivity contribution >= 4 is 11.7 Å². The molecule has 0 saturated heterocycles. The van der Waals surface area contributed by atoms with Crippen LogP contribution in [0.3, 0.4) is 0 Å². The van der Waals surface area contributed by atoms with Gasteiger partial charge in [0.2, 0.25) is 0 Å². The molecule has 0 radical (unpaired) electrons. The molecule has 106 valence electrons. The molecule has 0 aliphatic carbocycles. The van der Waals surface area contributed by atoms with E-state index < -0.39 is 5.60 Å². The molecular formula is C15H24N2O2. The van der Waals surface area contributed by atoms with Gasteiger partial charge < -0.3 is 9.64 Å². The fourth-order valence-electron chi connectivity index (χ4n) is 1.73. The van der Waals surface area contributed by atoms with E-state index in [0.717, 1.165) is 5.69 Å². The third kappa shape index (κ3) is 5.28. The Morgan fingerprint density at radius 1 is 1.26 bits per heavy atom. The van der Waals surface area contributed by atoms with Crippen LogP contribution in [0.1, 0.15) is 41.5 Å². The second-order valence-electron chi connectivity index (χ2n) is 6.55. The SMILES string of the molecule is CC(C)(C)OC(=O)CN(c1cccnc1)C(C)(C)C. The van der Waals surface area contributed by atoms with E-state index >= 15 is 0 Å². The quantitative estimate of drug-likeness (QED) is 0.787. The lowest BCUT2D eigenvalue weighted by Crippen LogP contribution is -2.46. The summed E-state index contributed by atoms with van der Waals surface area (Å²) >= 11 is 0. The minimum absolute atomic E-state index is 0.181. The van der Waals surface area contributed by atoms with Crippen LogP contribution in [0.15, 0.2) is 24.5 Å². The zero-order valence-electron chi connectivity index (χ0n) is 12.7. The molecule has 1 aromatic heterocycles. The van der Waals surface area contributed by atoms with Crippen LogP contribution in [0.4, 0.5) is 5.69 Å². The molecule has 19 heavy (non-hydrogen) atoms. The summed E-state index contributed by atoms with van der Waals surface area (Å²) in [5.74, 6) is -0.230. The van der Waals surface area contributed by atoms with Crippen molar-refractivity contribution in [2.75, 3.05) is 11.4 Å². The Hall–Kier alpha value is -1.58. The van der Waals surface area contributed by atoms with Gasteiger partial charge in [-0.3, -0.25) is 9.78 Å². The number of esters is 1. The Kier molecular flexibility index (Phi) is 4.56. The highest BCUT2D eigenvalue weighted by molar-refractivity contribution is 5.76. The van der Waals surface area contributed by atoms with E-state index in [4.69, 9.17) is 4.74 Å². The zero-order valence-corrected chi connectivity index (χ0v) is 12.7. The van der Waals surface area contributed by atoms with E-state index in [9.17, 15) is 4.79 Å². The van der Waals surface area contributed by atoms with Crippen molar-refractivity contribution in [3.63, 3.8) is 0 Å². The Morgan fingerprint density at radius 3 is 2.32 bits per heavy atom. The Morgan fingerprint density at radius 2 is 1.89 bits per heavy atom. The van der Waals surface area contributed by atoms with Crippen LogP contribution >= 0.6 is 0 Å². The summed E-state index contributed by atoms with van der Waals surface area (Å²) in [6.07, 6.45) is 3.48. The molecule has 1 heterocycles. The second-order valence-corrected chi connectivity index (χ2v) is 6.55. The predicted molar refractivity (Wildman–Crippen MR) is 77.2 cm³/mol. The van der Waals surface area contributed by atoms with Crippen LogP contribution in [0, 0.1) is 0 Å². The summed E-state index contributed by atoms with van der Waals surface area (Å²) in [4.78, 5) is 18.1. The third-order valence-corrected chi connectivity index (χ3v) is 2.47. The molecule has 0 aliphatic rings. The first kappa shape index (κ1) is 15.5. The highest BCUT2D eigenvalue weighted by Crippen LogP contribution is 2.23. The van der Waals surface area contributed by atoms with Gasteiger partial charge in [-0.1, -0.05) is 0 Å². The first-order chi connectivity index (χ1) is 8.59. The van der Waals surface area contributed by atoms with Crippen LogP contribution in [-0.4, -0.2) is 28.6 Å². The smallest absolute Gasteiger partial charge is 0.326 e. The average molecular weight is 264 g/mol. The van der Waals surface area contributed by atoms with Gasteiger partial charge in [-0.15, -0.1) is 0 Å². The first-order valence-corrected chi connectivity index (χ1v) is 6.49. The number of anilines is 1. The Bertz CT molecular complexity index is 416. The van der Waals surface area contributed by atoms with Crippen molar-refractivity contribution in [3.8, 4) is 0 Å². The minimum atomic E-state index is -0.463. The number of carbonyl (C=O) groups excluding carboxylic acids is 1. The maximum atomic E-state index is 12.0. The van der Waals surface area contributed by atoms with Crippen molar-refractivity contribution in [3.05, 3.63) is 24.5 Å². The molecule has 0 N–H and O–H groups in total. The van der Waals surface area contributed by atoms with Crippen LogP contribution in [0.2, 0.25) is 0 Å². The third-order valence-electron chi connectivity index (χ3n) is 2.47. The molecule has 0 aromatic carbocycles. The normalized spacial score (nSPS) is 12.1. The summed E-state index contributed by atoms with van der Waals surface area (Å²) in [6, 6.07) is 3.81. The van der Waals surface area contributed by atoms with Crippen molar-refractivity contribution in [2.45, 2.75) is 52.7 Å². The predicted octanol–water partition coefficient (Wildman–Crippen LogP) is 3.03. The zero-order chi connectivity index (χ0) is 14.7. The van der Waals surface area contributed by atoms with E-state index in [1.165, 1.54) is 0 Å². The van der Waals surface area contributed by atoms with Gasteiger partial charge in [-0.25, -0.2) is 0 Å². The summed E-state index contributed by atoms with van der Waals surface area (Å²) < 4.78 is 5.38. The van der Waals surface area contributed by atoms with Gasteiger partial charge in [-0.2, -0.15) is 0 Å². The molecule has 0 unspecified atom stereocenters. The van der Waals surface area contributed by atoms with Crippen molar-refractivity contribution < 1.29 is 9.53 Å². The summed E-state index contributed by atoms with van der Waals surface area (Å²) in [6.45, 7) is 12.0. The standard InChI is InChI=1S/C15H24N2O2/c1-14(2,3)17(12-8-7-9-16-10-12)11-13(18)19-15(4,5)6/h7-10H,11H2,1-6H3. The lowest BCUT2D eigenvalue weighted by atomic mass is 10.1. The molecule has 0 amide bonds. The molecule has 0 bridgehead atoms. The number of aromatic nitrogens is 1. The molecular weight excluding hydrogens is 240 g/mol. The molecule has 1 rings (SSSR count). The van der Waals surface area contributed by atoms with Crippen molar-refractivity contribution in [2.24, 2.45) is 0 Å². The summed E-state index contributed by atoms with van der Waals surface area (Å²) in [5.41, 5.74) is 0.274. The summed E-state index contributed by atoms with van der Waals surface area (Å²) in [5, 5.41) is 0. The van der Waals surface area contributed by atoms with Gasteiger partial charge in [0, 0.05) is 11.7 Å². The van der Waals surface area contributed by atoms with Crippen LogP contribution < -0.4 is 4.90 Å². The molecule has 4 nitrogen and oxygen atoms in total. The lowest BCUT2D eigenvalue weighted by molar-refractivity contribution is -0.153. The first-order valence-electron chi connectivity index (χ1n) is 6.49. The van der Waals surface area contributed by atoms with E-state index in [-0.39, 0.29) is 18.1 Å². The number of hydrogen-bond donors (Lipinski definition) is 0. The Balaban J connectivity index is 2.87. The van der Waals surface area contributed by atoms with Gasteiger partial charge in [0.15, 0.2) is 0 Å². The largest absolute Gasteiger partial charge is 0.459 e. The monoisotopic (exact) mass is 264 g/mol. The van der Waals surface area contributed by atoms with Gasteiger partial charge in [0.25, 0.3) is 0 Å². The number of hydrogen-bond acceptors (Lipinski definition) is 4. The number of ether oxygens (including phenoxy) is 1. The molecule has 0 fully saturated rings. The van der Waals surface area contributed by atoms with Crippen LogP contribution in [0.5, 0.6) is 0 Å². The fourth-order valence-corrected chi connectivity index (χ4v) is 1.73. The van der Waals surface area contributed by atoms with Crippen molar-refractivity contribution in [1.29, 1.82) is 0 Å². The average Bonchev–Trinajstić information content (AvgIpc) is 2.23. The van der Waals surface area contributed by atoms with Gasteiger partial charge in [0.05, 0.1) is 11.9 Å². The van der Waals surface area contributed by atoms with Crippen LogP contribution in [-0.2, 0) is 9.53 Å². The Labute approximate surface area is 115 Å². The van der Waals surface area contributed by atoms with Gasteiger partial charge in [-0.05, 0) is 53.7 Å².